The summed E-state index contributed by atoms with van der Waals surface area (Å²) in [5, 5.41) is 16.9. The van der Waals surface area contributed by atoms with E-state index in [9.17, 15) is 9.90 Å². The molecule has 1 atom stereocenters. The van der Waals surface area contributed by atoms with Gasteiger partial charge >= 0.3 is 6.03 Å². The average Bonchev–Trinajstić information content (AvgIpc) is 2.73. The van der Waals surface area contributed by atoms with Gasteiger partial charge in [-0.2, -0.15) is 0 Å². The highest BCUT2D eigenvalue weighted by atomic mass is 79.9. The van der Waals surface area contributed by atoms with E-state index < -0.39 is 5.54 Å². The first-order chi connectivity index (χ1) is 8.49. The van der Waals surface area contributed by atoms with Gasteiger partial charge in [0.1, 0.15) is 0 Å². The molecule has 0 bridgehead atoms. The number of hydrogen-bond acceptors (Lipinski definition) is 3. The van der Waals surface area contributed by atoms with Crippen LogP contribution in [0.4, 0.5) is 4.79 Å². The summed E-state index contributed by atoms with van der Waals surface area (Å²) in [6, 6.07) is 1.73. The molecular weight excluding hydrogens is 316 g/mol. The molecule has 0 aromatic carbocycles. The fourth-order valence-corrected chi connectivity index (χ4v) is 3.06. The number of urea groups is 1. The Kier molecular flexibility index (Phi) is 6.11. The third kappa shape index (κ3) is 4.96. The van der Waals surface area contributed by atoms with Gasteiger partial charge in [-0.1, -0.05) is 13.3 Å². The smallest absolute Gasteiger partial charge is 0.315 e. The summed E-state index contributed by atoms with van der Waals surface area (Å²) in [4.78, 5) is 12.8. The molecule has 2 amide bonds. The van der Waals surface area contributed by atoms with Crippen molar-refractivity contribution in [2.45, 2.75) is 38.8 Å². The summed E-state index contributed by atoms with van der Waals surface area (Å²) < 4.78 is 1.02. The van der Waals surface area contributed by atoms with Crippen molar-refractivity contribution < 1.29 is 9.90 Å². The van der Waals surface area contributed by atoms with E-state index in [0.717, 1.165) is 22.2 Å². The van der Waals surface area contributed by atoms with Gasteiger partial charge in [-0.25, -0.2) is 4.79 Å². The molecule has 0 fully saturated rings. The quantitative estimate of drug-likeness (QED) is 0.749. The van der Waals surface area contributed by atoms with Crippen molar-refractivity contribution in [3.8, 4) is 0 Å². The maximum Gasteiger partial charge on any atom is 0.315 e. The van der Waals surface area contributed by atoms with Crippen LogP contribution in [0.1, 0.15) is 31.6 Å². The van der Waals surface area contributed by atoms with E-state index >= 15 is 0 Å². The third-order valence-electron chi connectivity index (χ3n) is 2.61. The van der Waals surface area contributed by atoms with Crippen LogP contribution in [0, 0.1) is 0 Å². The van der Waals surface area contributed by atoms with Crippen LogP contribution in [0.25, 0.3) is 0 Å². The second kappa shape index (κ2) is 7.11. The molecule has 0 saturated carbocycles. The Bertz CT molecular complexity index is 397. The molecule has 0 spiro atoms. The van der Waals surface area contributed by atoms with E-state index in [1.54, 1.807) is 11.3 Å². The number of hydrogen-bond donors (Lipinski definition) is 3. The Morgan fingerprint density at radius 2 is 2.33 bits per heavy atom. The van der Waals surface area contributed by atoms with Crippen LogP contribution in [-0.2, 0) is 6.54 Å². The normalized spacial score (nSPS) is 14.0. The van der Waals surface area contributed by atoms with Crippen LogP contribution in [0.2, 0.25) is 0 Å². The van der Waals surface area contributed by atoms with Gasteiger partial charge < -0.3 is 15.7 Å². The van der Waals surface area contributed by atoms with Gasteiger partial charge in [0.25, 0.3) is 0 Å². The van der Waals surface area contributed by atoms with Crippen LogP contribution < -0.4 is 10.6 Å². The molecule has 1 unspecified atom stereocenters. The van der Waals surface area contributed by atoms with Crippen LogP contribution in [0.5, 0.6) is 0 Å². The maximum atomic E-state index is 11.7. The van der Waals surface area contributed by atoms with Gasteiger partial charge in [0.05, 0.1) is 18.7 Å². The fraction of sp³-hybridized carbons (Fsp3) is 0.583. The zero-order valence-corrected chi connectivity index (χ0v) is 13.0. The molecule has 0 aliphatic carbocycles. The molecule has 1 aromatic rings. The highest BCUT2D eigenvalue weighted by Crippen LogP contribution is 2.19. The molecule has 102 valence electrons. The van der Waals surface area contributed by atoms with Crippen molar-refractivity contribution in [3.63, 3.8) is 0 Å². The predicted octanol–water partition coefficient (Wildman–Crippen LogP) is 2.86. The van der Waals surface area contributed by atoms with Crippen molar-refractivity contribution in [2.75, 3.05) is 6.61 Å². The van der Waals surface area contributed by atoms with Crippen molar-refractivity contribution in [1.29, 1.82) is 0 Å². The first-order valence-corrected chi connectivity index (χ1v) is 7.56. The monoisotopic (exact) mass is 334 g/mol. The second-order valence-corrected chi connectivity index (χ2v) is 6.42. The van der Waals surface area contributed by atoms with Crippen molar-refractivity contribution in [1.82, 2.24) is 10.6 Å². The van der Waals surface area contributed by atoms with Crippen LogP contribution in [-0.4, -0.2) is 23.3 Å². The predicted molar refractivity (Wildman–Crippen MR) is 77.8 cm³/mol. The zero-order valence-electron chi connectivity index (χ0n) is 10.6. The highest BCUT2D eigenvalue weighted by molar-refractivity contribution is 9.10. The number of rotatable bonds is 6. The lowest BCUT2D eigenvalue weighted by molar-refractivity contribution is 0.163. The fourth-order valence-electron chi connectivity index (χ4n) is 1.67. The molecule has 4 nitrogen and oxygen atoms in total. The van der Waals surface area contributed by atoms with E-state index in [-0.39, 0.29) is 12.6 Å². The van der Waals surface area contributed by atoms with Gasteiger partial charge in [-0.15, -0.1) is 11.3 Å². The van der Waals surface area contributed by atoms with Crippen LogP contribution in [0.3, 0.4) is 0 Å². The Balaban J connectivity index is 2.41. The second-order valence-electron chi connectivity index (χ2n) is 4.51. The van der Waals surface area contributed by atoms with E-state index in [0.29, 0.717) is 6.54 Å². The van der Waals surface area contributed by atoms with E-state index in [4.69, 9.17) is 0 Å². The number of aliphatic hydroxyl groups excluding tert-OH is 1. The van der Waals surface area contributed by atoms with Crippen molar-refractivity contribution in [2.24, 2.45) is 0 Å². The maximum absolute atomic E-state index is 11.7. The standard InChI is InChI=1S/C12H19BrN2O2S/c1-3-4-12(2,8-16)15-11(17)14-6-10-5-9(13)7-18-10/h5,7,16H,3-4,6,8H2,1-2H3,(H2,14,15,17). The summed E-state index contributed by atoms with van der Waals surface area (Å²) in [5.41, 5.74) is -0.547. The number of nitrogens with one attached hydrogen (secondary N) is 2. The number of carbonyl (C=O) groups is 1. The van der Waals surface area contributed by atoms with E-state index in [1.165, 1.54) is 0 Å². The van der Waals surface area contributed by atoms with Crippen molar-refractivity contribution in [3.05, 3.63) is 20.8 Å². The minimum absolute atomic E-state index is 0.0567. The largest absolute Gasteiger partial charge is 0.394 e. The van der Waals surface area contributed by atoms with Gasteiger partial charge in [0.15, 0.2) is 0 Å². The van der Waals surface area contributed by atoms with E-state index in [1.807, 2.05) is 25.3 Å². The summed E-state index contributed by atoms with van der Waals surface area (Å²) in [6.07, 6.45) is 1.66. The molecule has 0 saturated heterocycles. The lowest BCUT2D eigenvalue weighted by atomic mass is 9.98. The molecule has 1 heterocycles. The molecule has 1 rings (SSSR count). The summed E-state index contributed by atoms with van der Waals surface area (Å²) in [7, 11) is 0. The molecular formula is C12H19BrN2O2S. The molecule has 18 heavy (non-hydrogen) atoms. The molecule has 0 aliphatic rings. The van der Waals surface area contributed by atoms with Gasteiger partial charge in [0, 0.05) is 14.7 Å². The molecule has 6 heteroatoms. The van der Waals surface area contributed by atoms with Crippen LogP contribution >= 0.6 is 27.3 Å². The van der Waals surface area contributed by atoms with Gasteiger partial charge in [0.2, 0.25) is 0 Å². The SMILES string of the molecule is CCCC(C)(CO)NC(=O)NCc1cc(Br)cs1. The minimum Gasteiger partial charge on any atom is -0.394 e. The average molecular weight is 335 g/mol. The zero-order chi connectivity index (χ0) is 13.6. The lowest BCUT2D eigenvalue weighted by Gasteiger charge is -2.28. The van der Waals surface area contributed by atoms with Crippen LogP contribution in [0.15, 0.2) is 15.9 Å². The molecule has 0 aliphatic heterocycles. The first kappa shape index (κ1) is 15.5. The van der Waals surface area contributed by atoms with Gasteiger partial charge in [-0.05, 0) is 35.3 Å². The number of amides is 2. The Morgan fingerprint density at radius 1 is 1.61 bits per heavy atom. The Hall–Kier alpha value is -0.590. The summed E-state index contributed by atoms with van der Waals surface area (Å²) >= 11 is 4.96. The third-order valence-corrected chi connectivity index (χ3v) is 4.31. The number of aliphatic hydroxyl groups is 1. The van der Waals surface area contributed by atoms with Crippen molar-refractivity contribution >= 4 is 33.3 Å². The number of thiophene rings is 1. The molecule has 1 aromatic heterocycles. The van der Waals surface area contributed by atoms with E-state index in [2.05, 4.69) is 26.6 Å². The molecule has 0 radical (unpaired) electrons. The lowest BCUT2D eigenvalue weighted by Crippen LogP contribution is -2.52. The highest BCUT2D eigenvalue weighted by Gasteiger charge is 2.24. The topological polar surface area (TPSA) is 61.4 Å². The van der Waals surface area contributed by atoms with Gasteiger partial charge in [-0.3, -0.25) is 0 Å². The Labute approximate surface area is 120 Å². The molecule has 3 N–H and O–H groups in total. The minimum atomic E-state index is -0.547. The summed E-state index contributed by atoms with van der Waals surface area (Å²) in [5.74, 6) is 0. The first-order valence-electron chi connectivity index (χ1n) is 5.89. The number of carbonyl (C=O) groups excluding carboxylic acids is 1. The summed E-state index contributed by atoms with van der Waals surface area (Å²) in [6.45, 7) is 4.31. The Morgan fingerprint density at radius 3 is 2.83 bits per heavy atom. The number of halogens is 1.